The van der Waals surface area contributed by atoms with Crippen molar-refractivity contribution in [2.45, 2.75) is 65.8 Å². The topological polar surface area (TPSA) is 32.7 Å². The van der Waals surface area contributed by atoms with E-state index in [1.165, 1.54) is 5.71 Å². The van der Waals surface area contributed by atoms with Crippen LogP contribution >= 0.6 is 0 Å². The molecule has 0 fully saturated rings. The van der Waals surface area contributed by atoms with Crippen LogP contribution in [0.3, 0.4) is 0 Å². The fourth-order valence-corrected chi connectivity index (χ4v) is 2.55. The highest BCUT2D eigenvalue weighted by Crippen LogP contribution is 2.28. The van der Waals surface area contributed by atoms with Crippen LogP contribution in [0.5, 0.6) is 0 Å². The minimum Gasteiger partial charge on any atom is -0.300 e. The standard InChI is InChI=1S/C14H26N2O/c1-6-8-13-12(7-2)10-16(15-13)14(4,5)9-11(3)17/h12H,6-10H2,1-5H3. The second-order valence-corrected chi connectivity index (χ2v) is 5.72. The zero-order valence-electron chi connectivity index (χ0n) is 11.9. The van der Waals surface area contributed by atoms with Gasteiger partial charge in [-0.25, -0.2) is 0 Å². The predicted molar refractivity (Wildman–Crippen MR) is 72.2 cm³/mol. The highest BCUT2D eigenvalue weighted by molar-refractivity contribution is 5.88. The first-order chi connectivity index (χ1) is 7.90. The van der Waals surface area contributed by atoms with Crippen LogP contribution in [-0.4, -0.2) is 28.6 Å². The zero-order chi connectivity index (χ0) is 13.1. The first-order valence-electron chi connectivity index (χ1n) is 6.75. The SMILES string of the molecule is CCCC1=NN(C(C)(C)CC(C)=O)CC1CC. The lowest BCUT2D eigenvalue weighted by Crippen LogP contribution is -2.41. The lowest BCUT2D eigenvalue weighted by molar-refractivity contribution is -0.119. The number of carbonyl (C=O) groups excluding carboxylic acids is 1. The molecule has 3 nitrogen and oxygen atoms in total. The highest BCUT2D eigenvalue weighted by atomic mass is 16.1. The molecule has 0 radical (unpaired) electrons. The number of hydrazone groups is 1. The molecule has 0 aliphatic carbocycles. The van der Waals surface area contributed by atoms with Crippen LogP contribution in [0.2, 0.25) is 0 Å². The molecular weight excluding hydrogens is 212 g/mol. The third-order valence-corrected chi connectivity index (χ3v) is 3.49. The molecule has 3 heteroatoms. The van der Waals surface area contributed by atoms with Crippen LogP contribution in [0.25, 0.3) is 0 Å². The Morgan fingerprint density at radius 2 is 2.12 bits per heavy atom. The molecule has 1 aliphatic heterocycles. The Hall–Kier alpha value is -0.860. The second kappa shape index (κ2) is 5.65. The smallest absolute Gasteiger partial charge is 0.132 e. The van der Waals surface area contributed by atoms with Crippen LogP contribution in [-0.2, 0) is 4.79 Å². The maximum Gasteiger partial charge on any atom is 0.132 e. The van der Waals surface area contributed by atoms with Crippen molar-refractivity contribution in [3.63, 3.8) is 0 Å². The Morgan fingerprint density at radius 1 is 1.47 bits per heavy atom. The van der Waals surface area contributed by atoms with Gasteiger partial charge in [0, 0.05) is 24.6 Å². The molecule has 0 aromatic rings. The van der Waals surface area contributed by atoms with Gasteiger partial charge < -0.3 is 0 Å². The van der Waals surface area contributed by atoms with Gasteiger partial charge in [-0.3, -0.25) is 9.80 Å². The minimum atomic E-state index is -0.144. The molecule has 0 bridgehead atoms. The molecule has 17 heavy (non-hydrogen) atoms. The largest absolute Gasteiger partial charge is 0.300 e. The molecule has 1 rings (SSSR count). The number of Topliss-reactive ketones (excluding diaryl/α,β-unsaturated/α-hetero) is 1. The molecule has 1 heterocycles. The molecule has 0 aromatic heterocycles. The molecule has 1 atom stereocenters. The van der Waals surface area contributed by atoms with Crippen LogP contribution < -0.4 is 0 Å². The summed E-state index contributed by atoms with van der Waals surface area (Å²) in [5, 5.41) is 6.89. The Kier molecular flexibility index (Phi) is 4.72. The molecule has 0 spiro atoms. The van der Waals surface area contributed by atoms with Gasteiger partial charge in [0.15, 0.2) is 0 Å². The Labute approximate surface area is 105 Å². The Bertz CT molecular complexity index is 307. The Balaban J connectivity index is 2.77. The summed E-state index contributed by atoms with van der Waals surface area (Å²) in [6.45, 7) is 11.3. The minimum absolute atomic E-state index is 0.144. The molecule has 98 valence electrons. The van der Waals surface area contributed by atoms with Crippen molar-refractivity contribution in [2.24, 2.45) is 11.0 Å². The summed E-state index contributed by atoms with van der Waals surface area (Å²) in [5.41, 5.74) is 1.18. The van der Waals surface area contributed by atoms with E-state index in [0.29, 0.717) is 12.3 Å². The average Bonchev–Trinajstić information content (AvgIpc) is 2.60. The van der Waals surface area contributed by atoms with Crippen molar-refractivity contribution < 1.29 is 4.79 Å². The van der Waals surface area contributed by atoms with E-state index in [1.54, 1.807) is 6.92 Å². The van der Waals surface area contributed by atoms with Crippen molar-refractivity contribution in [3.05, 3.63) is 0 Å². The summed E-state index contributed by atoms with van der Waals surface area (Å²) < 4.78 is 0. The molecule has 0 amide bonds. The van der Waals surface area contributed by atoms with Gasteiger partial charge in [-0.1, -0.05) is 20.3 Å². The van der Waals surface area contributed by atoms with Crippen molar-refractivity contribution in [2.75, 3.05) is 6.54 Å². The van der Waals surface area contributed by atoms with E-state index < -0.39 is 0 Å². The number of ketones is 1. The van der Waals surface area contributed by atoms with E-state index in [1.807, 2.05) is 0 Å². The molecule has 0 saturated heterocycles. The Morgan fingerprint density at radius 3 is 2.59 bits per heavy atom. The van der Waals surface area contributed by atoms with Crippen molar-refractivity contribution >= 4 is 11.5 Å². The van der Waals surface area contributed by atoms with E-state index >= 15 is 0 Å². The fraction of sp³-hybridized carbons (Fsp3) is 0.857. The summed E-state index contributed by atoms with van der Waals surface area (Å²) >= 11 is 0. The van der Waals surface area contributed by atoms with E-state index in [0.717, 1.165) is 25.8 Å². The second-order valence-electron chi connectivity index (χ2n) is 5.72. The van der Waals surface area contributed by atoms with Gasteiger partial charge in [-0.2, -0.15) is 5.10 Å². The monoisotopic (exact) mass is 238 g/mol. The van der Waals surface area contributed by atoms with Gasteiger partial charge >= 0.3 is 0 Å². The number of carbonyl (C=O) groups is 1. The normalized spacial score (nSPS) is 20.6. The fourth-order valence-electron chi connectivity index (χ4n) is 2.55. The average molecular weight is 238 g/mol. The molecule has 1 unspecified atom stereocenters. The van der Waals surface area contributed by atoms with Gasteiger partial charge in [0.1, 0.15) is 5.78 Å². The summed E-state index contributed by atoms with van der Waals surface area (Å²) in [6.07, 6.45) is 3.96. The van der Waals surface area contributed by atoms with E-state index in [4.69, 9.17) is 5.10 Å². The number of rotatable bonds is 6. The molecule has 0 N–H and O–H groups in total. The van der Waals surface area contributed by atoms with E-state index in [-0.39, 0.29) is 11.3 Å². The maximum atomic E-state index is 11.3. The molecular formula is C14H26N2O. The lowest BCUT2D eigenvalue weighted by atomic mass is 9.94. The summed E-state index contributed by atoms with van der Waals surface area (Å²) in [7, 11) is 0. The van der Waals surface area contributed by atoms with Gasteiger partial charge in [0.05, 0.1) is 5.54 Å². The number of nitrogens with zero attached hydrogens (tertiary/aromatic N) is 2. The van der Waals surface area contributed by atoms with Crippen molar-refractivity contribution in [1.29, 1.82) is 0 Å². The van der Waals surface area contributed by atoms with E-state index in [9.17, 15) is 4.79 Å². The predicted octanol–water partition coefficient (Wildman–Crippen LogP) is 3.24. The quantitative estimate of drug-likeness (QED) is 0.711. The maximum absolute atomic E-state index is 11.3. The van der Waals surface area contributed by atoms with Gasteiger partial charge in [0.25, 0.3) is 0 Å². The van der Waals surface area contributed by atoms with Gasteiger partial charge in [-0.15, -0.1) is 0 Å². The molecule has 0 aromatic carbocycles. The molecule has 0 saturated carbocycles. The van der Waals surface area contributed by atoms with Crippen molar-refractivity contribution in [3.8, 4) is 0 Å². The lowest BCUT2D eigenvalue weighted by Gasteiger charge is -2.33. The van der Waals surface area contributed by atoms with Gasteiger partial charge in [-0.05, 0) is 33.6 Å². The van der Waals surface area contributed by atoms with Crippen LogP contribution in [0.4, 0.5) is 0 Å². The summed E-state index contributed by atoms with van der Waals surface area (Å²) in [4.78, 5) is 11.3. The third kappa shape index (κ3) is 3.55. The van der Waals surface area contributed by atoms with Gasteiger partial charge in [0.2, 0.25) is 0 Å². The highest BCUT2D eigenvalue weighted by Gasteiger charge is 2.34. The summed E-state index contributed by atoms with van der Waals surface area (Å²) in [6, 6.07) is 0. The third-order valence-electron chi connectivity index (χ3n) is 3.49. The zero-order valence-corrected chi connectivity index (χ0v) is 11.9. The van der Waals surface area contributed by atoms with Crippen LogP contribution in [0.15, 0.2) is 5.10 Å². The number of hydrogen-bond acceptors (Lipinski definition) is 3. The van der Waals surface area contributed by atoms with Crippen molar-refractivity contribution in [1.82, 2.24) is 5.01 Å². The van der Waals surface area contributed by atoms with E-state index in [2.05, 4.69) is 32.7 Å². The number of hydrogen-bond donors (Lipinski definition) is 0. The first-order valence-corrected chi connectivity index (χ1v) is 6.75. The first kappa shape index (κ1) is 14.2. The summed E-state index contributed by atoms with van der Waals surface area (Å²) in [5.74, 6) is 0.823. The van der Waals surface area contributed by atoms with Crippen LogP contribution in [0.1, 0.15) is 60.3 Å². The molecule has 1 aliphatic rings. The van der Waals surface area contributed by atoms with Crippen LogP contribution in [0, 0.1) is 5.92 Å².